The van der Waals surface area contributed by atoms with E-state index in [-0.39, 0.29) is 16.4 Å². The van der Waals surface area contributed by atoms with Gasteiger partial charge in [-0.25, -0.2) is 22.4 Å². The van der Waals surface area contributed by atoms with Crippen LogP contribution in [0.4, 0.5) is 11.5 Å². The molecule has 0 N–H and O–H groups in total. The number of aromatic nitrogens is 3. The summed E-state index contributed by atoms with van der Waals surface area (Å²) >= 11 is 0. The number of ether oxygens (including phenoxy) is 1. The molecule has 5 aromatic rings. The maximum absolute atomic E-state index is 13.9. The van der Waals surface area contributed by atoms with Gasteiger partial charge in [0.05, 0.1) is 22.2 Å². The van der Waals surface area contributed by atoms with Crippen LogP contribution in [0.1, 0.15) is 73.5 Å². The van der Waals surface area contributed by atoms with Crippen LogP contribution in [-0.4, -0.2) is 55.2 Å². The molecule has 1 saturated heterocycles. The standard InChI is InChI=1S/C41H49N5O3S/c1-26(2)30-15-14-28(4)36(22-30)44-20-18-34-33(24-44)40(45-21-19-37(49-8)41(6,7)25-45)43-39(42-34)32-10-9-11-35-38(32)29(5)23-46(35)50(47,48)31-16-12-27(3)13-17-31/h9-17,22-23,26,37H,18-21,24-25H2,1-8H3. The molecule has 0 amide bonds. The fraction of sp³-hybridized carbons (Fsp3) is 0.415. The highest BCUT2D eigenvalue weighted by Crippen LogP contribution is 2.40. The number of aryl methyl sites for hydroxylation is 3. The number of methoxy groups -OCH3 is 1. The molecule has 1 atom stereocenters. The second-order valence-electron chi connectivity index (χ2n) is 15.2. The highest BCUT2D eigenvalue weighted by atomic mass is 32.2. The van der Waals surface area contributed by atoms with Crippen LogP contribution >= 0.6 is 0 Å². The van der Waals surface area contributed by atoms with Crippen LogP contribution in [0.5, 0.6) is 0 Å². The predicted octanol–water partition coefficient (Wildman–Crippen LogP) is 8.20. The molecule has 3 aromatic carbocycles. The third-order valence-electron chi connectivity index (χ3n) is 10.8. The molecule has 0 radical (unpaired) electrons. The minimum atomic E-state index is -3.82. The summed E-state index contributed by atoms with van der Waals surface area (Å²) in [6, 6.07) is 19.7. The molecule has 2 aliphatic rings. The Kier molecular flexibility index (Phi) is 8.79. The van der Waals surface area contributed by atoms with Crippen molar-refractivity contribution in [3.8, 4) is 11.4 Å². The molecule has 0 saturated carbocycles. The maximum Gasteiger partial charge on any atom is 0.268 e. The van der Waals surface area contributed by atoms with Gasteiger partial charge in [-0.05, 0) is 74.1 Å². The van der Waals surface area contributed by atoms with Gasteiger partial charge in [0.25, 0.3) is 10.0 Å². The van der Waals surface area contributed by atoms with Crippen LogP contribution in [-0.2, 0) is 27.7 Å². The van der Waals surface area contributed by atoms with E-state index in [0.29, 0.717) is 17.3 Å². The fourth-order valence-electron chi connectivity index (χ4n) is 7.92. The van der Waals surface area contributed by atoms with E-state index in [0.717, 1.165) is 72.6 Å². The van der Waals surface area contributed by atoms with E-state index in [2.05, 4.69) is 62.6 Å². The Morgan fingerprint density at radius 3 is 2.38 bits per heavy atom. The van der Waals surface area contributed by atoms with Gasteiger partial charge in [-0.15, -0.1) is 0 Å². The fourth-order valence-corrected chi connectivity index (χ4v) is 9.34. The monoisotopic (exact) mass is 691 g/mol. The average Bonchev–Trinajstić information content (AvgIpc) is 3.44. The van der Waals surface area contributed by atoms with Crippen molar-refractivity contribution in [2.45, 2.75) is 84.8 Å². The van der Waals surface area contributed by atoms with Crippen LogP contribution in [0.15, 0.2) is 71.8 Å². The van der Waals surface area contributed by atoms with Crippen molar-refractivity contribution >= 4 is 32.4 Å². The molecule has 2 aromatic heterocycles. The van der Waals surface area contributed by atoms with Crippen molar-refractivity contribution in [2.24, 2.45) is 5.41 Å². The molecule has 262 valence electrons. The number of nitrogens with zero attached hydrogens (tertiary/aromatic N) is 5. The molecule has 7 rings (SSSR count). The number of piperidine rings is 1. The average molecular weight is 692 g/mol. The van der Waals surface area contributed by atoms with Gasteiger partial charge < -0.3 is 14.5 Å². The van der Waals surface area contributed by atoms with Crippen molar-refractivity contribution in [2.75, 3.05) is 36.5 Å². The quantitative estimate of drug-likeness (QED) is 0.170. The van der Waals surface area contributed by atoms with Gasteiger partial charge in [0.1, 0.15) is 5.82 Å². The molecular formula is C41H49N5O3S. The summed E-state index contributed by atoms with van der Waals surface area (Å²) in [5.41, 5.74) is 9.38. The largest absolute Gasteiger partial charge is 0.381 e. The van der Waals surface area contributed by atoms with E-state index >= 15 is 0 Å². The molecule has 9 heteroatoms. The highest BCUT2D eigenvalue weighted by molar-refractivity contribution is 7.90. The zero-order valence-electron chi connectivity index (χ0n) is 30.6. The Labute approximate surface area is 297 Å². The highest BCUT2D eigenvalue weighted by Gasteiger charge is 2.38. The second kappa shape index (κ2) is 12.8. The van der Waals surface area contributed by atoms with Crippen LogP contribution in [0.2, 0.25) is 0 Å². The van der Waals surface area contributed by atoms with E-state index in [1.54, 1.807) is 18.3 Å². The Morgan fingerprint density at radius 1 is 0.920 bits per heavy atom. The van der Waals surface area contributed by atoms with Gasteiger partial charge in [-0.2, -0.15) is 0 Å². The lowest BCUT2D eigenvalue weighted by Gasteiger charge is -2.45. The van der Waals surface area contributed by atoms with Crippen LogP contribution < -0.4 is 9.80 Å². The van der Waals surface area contributed by atoms with Crippen molar-refractivity contribution in [1.82, 2.24) is 13.9 Å². The van der Waals surface area contributed by atoms with E-state index in [1.807, 2.05) is 51.3 Å². The van der Waals surface area contributed by atoms with Crippen molar-refractivity contribution < 1.29 is 13.2 Å². The molecule has 0 aliphatic carbocycles. The molecule has 0 bridgehead atoms. The van der Waals surface area contributed by atoms with E-state index in [4.69, 9.17) is 14.7 Å². The first kappa shape index (κ1) is 34.2. The van der Waals surface area contributed by atoms with Gasteiger partial charge in [0.2, 0.25) is 0 Å². The number of rotatable bonds is 7. The lowest BCUT2D eigenvalue weighted by atomic mass is 9.81. The lowest BCUT2D eigenvalue weighted by molar-refractivity contribution is -0.00647. The molecule has 4 heterocycles. The van der Waals surface area contributed by atoms with Gasteiger partial charge in [0, 0.05) is 73.5 Å². The zero-order chi connectivity index (χ0) is 35.5. The zero-order valence-corrected chi connectivity index (χ0v) is 31.4. The molecule has 0 spiro atoms. The van der Waals surface area contributed by atoms with E-state index < -0.39 is 10.0 Å². The third-order valence-corrected chi connectivity index (χ3v) is 12.5. The van der Waals surface area contributed by atoms with Gasteiger partial charge in [0.15, 0.2) is 5.82 Å². The summed E-state index contributed by atoms with van der Waals surface area (Å²) in [4.78, 5) is 15.9. The summed E-state index contributed by atoms with van der Waals surface area (Å²) in [6.45, 7) is 18.4. The van der Waals surface area contributed by atoms with E-state index in [1.165, 1.54) is 26.4 Å². The maximum atomic E-state index is 13.9. The molecule has 1 fully saturated rings. The van der Waals surface area contributed by atoms with Gasteiger partial charge >= 0.3 is 0 Å². The molecule has 50 heavy (non-hydrogen) atoms. The Bertz CT molecular complexity index is 2190. The number of anilines is 2. The Hall–Kier alpha value is -4.21. The number of hydrogen-bond donors (Lipinski definition) is 0. The minimum Gasteiger partial charge on any atom is -0.381 e. The summed E-state index contributed by atoms with van der Waals surface area (Å²) in [5.74, 6) is 2.05. The van der Waals surface area contributed by atoms with Crippen LogP contribution in [0.25, 0.3) is 22.3 Å². The van der Waals surface area contributed by atoms with Gasteiger partial charge in [-0.1, -0.05) is 69.7 Å². The van der Waals surface area contributed by atoms with E-state index in [9.17, 15) is 8.42 Å². The lowest BCUT2D eigenvalue weighted by Crippen LogP contribution is -2.50. The predicted molar refractivity (Wildman–Crippen MR) is 203 cm³/mol. The number of hydrogen-bond acceptors (Lipinski definition) is 7. The van der Waals surface area contributed by atoms with Crippen molar-refractivity contribution in [3.63, 3.8) is 0 Å². The summed E-state index contributed by atoms with van der Waals surface area (Å²) in [7, 11) is -2.00. The van der Waals surface area contributed by atoms with Crippen molar-refractivity contribution in [3.05, 3.63) is 100 Å². The second-order valence-corrected chi connectivity index (χ2v) is 17.0. The SMILES string of the molecule is COC1CCN(c2nc(-c3cccc4c3c(C)cn4S(=O)(=O)c3ccc(C)cc3)nc3c2CN(c2cc(C(C)C)ccc2C)CC3)CC1(C)C. The molecule has 1 unspecified atom stereocenters. The first-order valence-corrected chi connectivity index (χ1v) is 19.2. The van der Waals surface area contributed by atoms with Crippen molar-refractivity contribution in [1.29, 1.82) is 0 Å². The summed E-state index contributed by atoms with van der Waals surface area (Å²) in [6.07, 6.45) is 3.59. The summed E-state index contributed by atoms with van der Waals surface area (Å²) < 4.78 is 35.2. The number of fused-ring (bicyclic) bond motifs is 2. The first-order chi connectivity index (χ1) is 23.8. The third kappa shape index (κ3) is 5.98. The molecule has 8 nitrogen and oxygen atoms in total. The van der Waals surface area contributed by atoms with Crippen LogP contribution in [0, 0.1) is 26.2 Å². The topological polar surface area (TPSA) is 80.6 Å². The summed E-state index contributed by atoms with van der Waals surface area (Å²) in [5, 5.41) is 0.853. The Morgan fingerprint density at radius 2 is 1.68 bits per heavy atom. The molecule has 2 aliphatic heterocycles. The van der Waals surface area contributed by atoms with Crippen LogP contribution in [0.3, 0.4) is 0 Å². The molecular weight excluding hydrogens is 643 g/mol. The minimum absolute atomic E-state index is 0.0697. The smallest absolute Gasteiger partial charge is 0.268 e. The Balaban J connectivity index is 1.36. The normalized spacial score (nSPS) is 17.8. The first-order valence-electron chi connectivity index (χ1n) is 17.7. The van der Waals surface area contributed by atoms with Gasteiger partial charge in [-0.3, -0.25) is 0 Å². The number of benzene rings is 3.